The molecular weight excluding hydrogens is 278 g/mol. The number of benzene rings is 1. The van der Waals surface area contributed by atoms with Gasteiger partial charge in [-0.2, -0.15) is 0 Å². The number of hydrogen-bond acceptors (Lipinski definition) is 6. The quantitative estimate of drug-likeness (QED) is 0.577. The molecule has 1 heterocycles. The summed E-state index contributed by atoms with van der Waals surface area (Å²) in [4.78, 5) is 23.7. The van der Waals surface area contributed by atoms with E-state index >= 15 is 0 Å². The number of carbonyl (C=O) groups is 1. The number of rotatable bonds is 5. The zero-order chi connectivity index (χ0) is 15.4. The van der Waals surface area contributed by atoms with Crippen LogP contribution >= 0.6 is 0 Å². The van der Waals surface area contributed by atoms with Gasteiger partial charge in [0.2, 0.25) is 5.91 Å². The number of aliphatic hydroxyl groups excluding tert-OH is 1. The molecule has 2 rings (SSSR count). The average molecular weight is 295 g/mol. The van der Waals surface area contributed by atoms with Crippen LogP contribution in [-0.4, -0.2) is 53.2 Å². The summed E-state index contributed by atoms with van der Waals surface area (Å²) >= 11 is 0. The lowest BCUT2D eigenvalue weighted by Crippen LogP contribution is -2.43. The number of aliphatic hydroxyl groups is 1. The summed E-state index contributed by atoms with van der Waals surface area (Å²) in [6, 6.07) is 4.22. The smallest absolute Gasteiger partial charge is 0.274 e. The van der Waals surface area contributed by atoms with Gasteiger partial charge in [0.05, 0.1) is 24.2 Å². The van der Waals surface area contributed by atoms with Gasteiger partial charge in [-0.25, -0.2) is 0 Å². The van der Waals surface area contributed by atoms with Crippen LogP contribution in [0.2, 0.25) is 0 Å². The molecule has 0 radical (unpaired) electrons. The van der Waals surface area contributed by atoms with Gasteiger partial charge in [-0.1, -0.05) is 6.07 Å². The summed E-state index contributed by atoms with van der Waals surface area (Å²) in [5, 5.41) is 20.2. The minimum absolute atomic E-state index is 0.0841. The Morgan fingerprint density at radius 1 is 1.57 bits per heavy atom. The standard InChI is InChI=1S/C13H17N3O5/c14-13(18)9-1-2-10(12(5-9)16(19)20)6-15-3-4-21-11(7-15)8-17/h1-2,5,11,17H,3-4,6-8H2,(H2,14,18). The molecule has 8 nitrogen and oxygen atoms in total. The first-order chi connectivity index (χ1) is 10.0. The molecule has 1 amide bonds. The third kappa shape index (κ3) is 3.75. The van der Waals surface area contributed by atoms with Gasteiger partial charge >= 0.3 is 0 Å². The van der Waals surface area contributed by atoms with E-state index in [9.17, 15) is 14.9 Å². The van der Waals surface area contributed by atoms with Gasteiger partial charge < -0.3 is 15.6 Å². The van der Waals surface area contributed by atoms with Crippen LogP contribution in [0.25, 0.3) is 0 Å². The molecule has 0 bridgehead atoms. The van der Waals surface area contributed by atoms with Crippen molar-refractivity contribution < 1.29 is 19.6 Å². The fraction of sp³-hybridized carbons (Fsp3) is 0.462. The van der Waals surface area contributed by atoms with E-state index in [1.165, 1.54) is 12.1 Å². The molecule has 114 valence electrons. The number of amides is 1. The average Bonchev–Trinajstić information content (AvgIpc) is 2.47. The van der Waals surface area contributed by atoms with Crippen molar-refractivity contribution in [2.24, 2.45) is 5.73 Å². The van der Waals surface area contributed by atoms with Gasteiger partial charge in [0.1, 0.15) is 0 Å². The first-order valence-electron chi connectivity index (χ1n) is 6.53. The largest absolute Gasteiger partial charge is 0.394 e. The maximum absolute atomic E-state index is 11.1. The van der Waals surface area contributed by atoms with Crippen LogP contribution < -0.4 is 5.73 Å². The Hall–Kier alpha value is -2.03. The molecule has 0 aromatic heterocycles. The Morgan fingerprint density at radius 2 is 2.33 bits per heavy atom. The van der Waals surface area contributed by atoms with Crippen LogP contribution in [0.4, 0.5) is 5.69 Å². The highest BCUT2D eigenvalue weighted by atomic mass is 16.6. The molecule has 1 atom stereocenters. The number of carbonyl (C=O) groups excluding carboxylic acids is 1. The molecular formula is C13H17N3O5. The van der Waals surface area contributed by atoms with Crippen LogP contribution in [0, 0.1) is 10.1 Å². The number of nitro benzene ring substituents is 1. The molecule has 1 fully saturated rings. The van der Waals surface area contributed by atoms with E-state index in [4.69, 9.17) is 15.6 Å². The number of ether oxygens (including phenoxy) is 1. The van der Waals surface area contributed by atoms with Crippen molar-refractivity contribution in [1.82, 2.24) is 4.90 Å². The molecule has 1 aliphatic rings. The van der Waals surface area contributed by atoms with Gasteiger partial charge in [0.15, 0.2) is 0 Å². The number of nitrogens with zero attached hydrogens (tertiary/aromatic N) is 2. The van der Waals surface area contributed by atoms with Gasteiger partial charge in [-0.05, 0) is 6.07 Å². The summed E-state index contributed by atoms with van der Waals surface area (Å²) < 4.78 is 5.34. The summed E-state index contributed by atoms with van der Waals surface area (Å²) in [5.41, 5.74) is 5.63. The second-order valence-corrected chi connectivity index (χ2v) is 4.88. The van der Waals surface area contributed by atoms with E-state index < -0.39 is 10.8 Å². The molecule has 21 heavy (non-hydrogen) atoms. The monoisotopic (exact) mass is 295 g/mol. The Kier molecular flexibility index (Phi) is 4.84. The van der Waals surface area contributed by atoms with Gasteiger partial charge in [-0.15, -0.1) is 0 Å². The van der Waals surface area contributed by atoms with Crippen LogP contribution in [0.1, 0.15) is 15.9 Å². The van der Waals surface area contributed by atoms with E-state index in [2.05, 4.69) is 0 Å². The molecule has 0 aliphatic carbocycles. The molecule has 1 saturated heterocycles. The summed E-state index contributed by atoms with van der Waals surface area (Å²) in [6.45, 7) is 1.88. The van der Waals surface area contributed by atoms with Crippen molar-refractivity contribution in [3.63, 3.8) is 0 Å². The molecule has 1 aliphatic heterocycles. The topological polar surface area (TPSA) is 119 Å². The molecule has 1 unspecified atom stereocenters. The number of nitrogens with two attached hydrogens (primary N) is 1. The van der Waals surface area contributed by atoms with E-state index in [0.717, 1.165) is 0 Å². The fourth-order valence-electron chi connectivity index (χ4n) is 2.30. The minimum Gasteiger partial charge on any atom is -0.394 e. The lowest BCUT2D eigenvalue weighted by molar-refractivity contribution is -0.385. The normalized spacial score (nSPS) is 19.4. The van der Waals surface area contributed by atoms with Crippen LogP contribution in [0.5, 0.6) is 0 Å². The third-order valence-electron chi connectivity index (χ3n) is 3.39. The van der Waals surface area contributed by atoms with E-state index in [-0.39, 0.29) is 24.0 Å². The van der Waals surface area contributed by atoms with Crippen LogP contribution in [0.15, 0.2) is 18.2 Å². The number of primary amides is 1. The summed E-state index contributed by atoms with van der Waals surface area (Å²) in [6.07, 6.45) is -0.275. The van der Waals surface area contributed by atoms with Crippen molar-refractivity contribution >= 4 is 11.6 Å². The van der Waals surface area contributed by atoms with E-state index in [1.807, 2.05) is 4.90 Å². The first-order valence-corrected chi connectivity index (χ1v) is 6.53. The SMILES string of the molecule is NC(=O)c1ccc(CN2CCOC(CO)C2)c([N+](=O)[O-])c1. The molecule has 1 aromatic rings. The molecule has 3 N–H and O–H groups in total. The first kappa shape index (κ1) is 15.4. The fourth-order valence-corrected chi connectivity index (χ4v) is 2.30. The Balaban J connectivity index is 2.19. The van der Waals surface area contributed by atoms with Crippen molar-refractivity contribution in [1.29, 1.82) is 0 Å². The van der Waals surface area contributed by atoms with E-state index in [1.54, 1.807) is 6.07 Å². The predicted molar refractivity (Wildman–Crippen MR) is 73.7 cm³/mol. The molecule has 0 spiro atoms. The van der Waals surface area contributed by atoms with Crippen molar-refractivity contribution in [3.8, 4) is 0 Å². The second-order valence-electron chi connectivity index (χ2n) is 4.88. The second kappa shape index (κ2) is 6.61. The predicted octanol–water partition coefficient (Wildman–Crippen LogP) is -0.113. The number of morpholine rings is 1. The third-order valence-corrected chi connectivity index (χ3v) is 3.39. The Labute approximate surface area is 121 Å². The zero-order valence-corrected chi connectivity index (χ0v) is 11.4. The molecule has 1 aromatic carbocycles. The van der Waals surface area contributed by atoms with Crippen LogP contribution in [-0.2, 0) is 11.3 Å². The highest BCUT2D eigenvalue weighted by Gasteiger charge is 2.23. The maximum Gasteiger partial charge on any atom is 0.274 e. The summed E-state index contributed by atoms with van der Waals surface area (Å²) in [7, 11) is 0. The van der Waals surface area contributed by atoms with Crippen molar-refractivity contribution in [2.75, 3.05) is 26.3 Å². The Bertz CT molecular complexity index is 549. The van der Waals surface area contributed by atoms with Crippen LogP contribution in [0.3, 0.4) is 0 Å². The van der Waals surface area contributed by atoms with E-state index in [0.29, 0.717) is 31.8 Å². The minimum atomic E-state index is -0.698. The lowest BCUT2D eigenvalue weighted by atomic mass is 10.1. The molecule has 0 saturated carbocycles. The van der Waals surface area contributed by atoms with Gasteiger partial charge in [0, 0.05) is 36.8 Å². The highest BCUT2D eigenvalue weighted by molar-refractivity contribution is 5.93. The molecule has 8 heteroatoms. The zero-order valence-electron chi connectivity index (χ0n) is 11.4. The van der Waals surface area contributed by atoms with Gasteiger partial charge in [-0.3, -0.25) is 19.8 Å². The number of nitro groups is 1. The highest BCUT2D eigenvalue weighted by Crippen LogP contribution is 2.22. The number of hydrogen-bond donors (Lipinski definition) is 2. The maximum atomic E-state index is 11.1. The van der Waals surface area contributed by atoms with Gasteiger partial charge in [0.25, 0.3) is 5.69 Å². The lowest BCUT2D eigenvalue weighted by Gasteiger charge is -2.31. The Morgan fingerprint density at radius 3 is 2.95 bits per heavy atom. The van der Waals surface area contributed by atoms with Crippen molar-refractivity contribution in [3.05, 3.63) is 39.4 Å². The summed E-state index contributed by atoms with van der Waals surface area (Å²) in [5.74, 6) is -0.698. The van der Waals surface area contributed by atoms with Crippen molar-refractivity contribution in [2.45, 2.75) is 12.6 Å².